The first kappa shape index (κ1) is 32.2. The van der Waals surface area contributed by atoms with Gasteiger partial charge in [-0.2, -0.15) is 0 Å². The van der Waals surface area contributed by atoms with Gasteiger partial charge in [0.2, 0.25) is 5.91 Å². The standard InChI is InChI=1S/C25H51NO7/c1-3-4-5-6-7-8-9-10-11-12-13-15-20(28)16-14-17-23(31)26(2)18-21(29)24(32)25(33)22(30)19-27/h20-22,24-25,27-30,32-33H,3-19H2,1-2H3/t20?,21-,22+,24+,25+/m0/s1. The van der Waals surface area contributed by atoms with Crippen molar-refractivity contribution in [3.05, 3.63) is 0 Å². The van der Waals surface area contributed by atoms with Crippen LogP contribution in [0.25, 0.3) is 0 Å². The molecule has 0 aliphatic heterocycles. The molecule has 0 aliphatic carbocycles. The van der Waals surface area contributed by atoms with Crippen LogP contribution in [0.3, 0.4) is 0 Å². The second kappa shape index (κ2) is 20.6. The Labute approximate surface area is 200 Å². The van der Waals surface area contributed by atoms with Crippen LogP contribution in [0.5, 0.6) is 0 Å². The number of carbonyl (C=O) groups is 1. The predicted octanol–water partition coefficient (Wildman–Crippen LogP) is 2.11. The van der Waals surface area contributed by atoms with Gasteiger partial charge in [-0.05, 0) is 19.3 Å². The lowest BCUT2D eigenvalue weighted by Crippen LogP contribution is -2.49. The van der Waals surface area contributed by atoms with Crippen LogP contribution in [0.15, 0.2) is 0 Å². The lowest BCUT2D eigenvalue weighted by molar-refractivity contribution is -0.138. The quantitative estimate of drug-likeness (QED) is 0.131. The summed E-state index contributed by atoms with van der Waals surface area (Å²) >= 11 is 0. The second-order valence-electron chi connectivity index (χ2n) is 9.44. The van der Waals surface area contributed by atoms with Crippen molar-refractivity contribution in [2.24, 2.45) is 0 Å². The number of rotatable bonds is 22. The van der Waals surface area contributed by atoms with Crippen molar-refractivity contribution >= 4 is 5.91 Å². The van der Waals surface area contributed by atoms with E-state index >= 15 is 0 Å². The fraction of sp³-hybridized carbons (Fsp3) is 0.960. The molecule has 198 valence electrons. The van der Waals surface area contributed by atoms with Crippen molar-refractivity contribution < 1.29 is 35.4 Å². The SMILES string of the molecule is CCCCCCCCCCCCCC(O)CCCC(=O)N(C)C[C@H](O)[C@@H](O)[C@H](O)[C@H](O)CO. The number of carbonyl (C=O) groups excluding carboxylic acids is 1. The zero-order valence-electron chi connectivity index (χ0n) is 20.9. The zero-order valence-corrected chi connectivity index (χ0v) is 20.9. The molecule has 0 saturated carbocycles. The van der Waals surface area contributed by atoms with E-state index < -0.39 is 37.1 Å². The van der Waals surface area contributed by atoms with E-state index in [4.69, 9.17) is 5.11 Å². The number of hydrogen-bond donors (Lipinski definition) is 6. The molecule has 0 radical (unpaired) electrons. The van der Waals surface area contributed by atoms with E-state index in [0.29, 0.717) is 12.8 Å². The number of likely N-dealkylation sites (N-methyl/N-ethyl adjacent to an activating group) is 1. The van der Waals surface area contributed by atoms with Crippen LogP contribution in [0.2, 0.25) is 0 Å². The van der Waals surface area contributed by atoms with Gasteiger partial charge in [-0.15, -0.1) is 0 Å². The number of amides is 1. The Hall–Kier alpha value is -0.770. The molecule has 5 atom stereocenters. The maximum atomic E-state index is 12.2. The number of nitrogens with zero attached hydrogens (tertiary/aromatic N) is 1. The van der Waals surface area contributed by atoms with E-state index in [1.807, 2.05) is 0 Å². The molecule has 0 rings (SSSR count). The topological polar surface area (TPSA) is 142 Å². The summed E-state index contributed by atoms with van der Waals surface area (Å²) in [6.45, 7) is 1.28. The van der Waals surface area contributed by atoms with E-state index in [0.717, 1.165) is 19.3 Å². The van der Waals surface area contributed by atoms with Crippen molar-refractivity contribution in [1.82, 2.24) is 4.90 Å². The van der Waals surface area contributed by atoms with E-state index in [-0.39, 0.29) is 18.9 Å². The molecule has 0 bridgehead atoms. The molecule has 0 fully saturated rings. The molecule has 8 heteroatoms. The molecular weight excluding hydrogens is 426 g/mol. The third-order valence-electron chi connectivity index (χ3n) is 6.28. The van der Waals surface area contributed by atoms with Crippen molar-refractivity contribution in [2.45, 2.75) is 134 Å². The molecule has 8 nitrogen and oxygen atoms in total. The van der Waals surface area contributed by atoms with Crippen molar-refractivity contribution in [3.8, 4) is 0 Å². The Bertz CT molecular complexity index is 466. The summed E-state index contributed by atoms with van der Waals surface area (Å²) in [5.41, 5.74) is 0. The molecule has 0 aromatic carbocycles. The van der Waals surface area contributed by atoms with Gasteiger partial charge in [-0.3, -0.25) is 4.79 Å². The minimum absolute atomic E-state index is 0.212. The highest BCUT2D eigenvalue weighted by Crippen LogP contribution is 2.15. The maximum Gasteiger partial charge on any atom is 0.222 e. The summed E-state index contributed by atoms with van der Waals surface area (Å²) in [5, 5.41) is 57.7. The highest BCUT2D eigenvalue weighted by Gasteiger charge is 2.31. The third-order valence-corrected chi connectivity index (χ3v) is 6.28. The van der Waals surface area contributed by atoms with E-state index in [1.54, 1.807) is 0 Å². The Balaban J connectivity index is 3.79. The summed E-state index contributed by atoms with van der Waals surface area (Å²) in [7, 11) is 1.48. The summed E-state index contributed by atoms with van der Waals surface area (Å²) in [5.74, 6) is -0.236. The normalized spacial score (nSPS) is 16.2. The predicted molar refractivity (Wildman–Crippen MR) is 130 cm³/mol. The van der Waals surface area contributed by atoms with Crippen LogP contribution >= 0.6 is 0 Å². The fourth-order valence-corrected chi connectivity index (χ4v) is 3.92. The second-order valence-corrected chi connectivity index (χ2v) is 9.44. The molecule has 0 spiro atoms. The van der Waals surface area contributed by atoms with Gasteiger partial charge in [-0.25, -0.2) is 0 Å². The Morgan fingerprint density at radius 2 is 1.15 bits per heavy atom. The average molecular weight is 478 g/mol. The third kappa shape index (κ3) is 16.5. The molecule has 0 aromatic heterocycles. The average Bonchev–Trinajstić information content (AvgIpc) is 2.80. The Kier molecular flexibility index (Phi) is 20.1. The number of aliphatic hydroxyl groups excluding tert-OH is 6. The van der Waals surface area contributed by atoms with Gasteiger partial charge in [0.25, 0.3) is 0 Å². The first-order valence-electron chi connectivity index (χ1n) is 13.0. The van der Waals surface area contributed by atoms with Crippen molar-refractivity contribution in [2.75, 3.05) is 20.2 Å². The molecule has 1 amide bonds. The van der Waals surface area contributed by atoms with Gasteiger partial charge in [0, 0.05) is 20.0 Å². The molecule has 0 aromatic rings. The monoisotopic (exact) mass is 477 g/mol. The van der Waals surface area contributed by atoms with Crippen LogP contribution in [-0.4, -0.2) is 92.2 Å². The maximum absolute atomic E-state index is 12.2. The van der Waals surface area contributed by atoms with Gasteiger partial charge < -0.3 is 35.5 Å². The van der Waals surface area contributed by atoms with E-state index in [1.165, 1.54) is 69.7 Å². The first-order valence-corrected chi connectivity index (χ1v) is 13.0. The molecule has 1 unspecified atom stereocenters. The van der Waals surface area contributed by atoms with Crippen molar-refractivity contribution in [3.63, 3.8) is 0 Å². The first-order chi connectivity index (χ1) is 15.7. The summed E-state index contributed by atoms with van der Waals surface area (Å²) in [4.78, 5) is 13.5. The lowest BCUT2D eigenvalue weighted by atomic mass is 10.0. The largest absolute Gasteiger partial charge is 0.394 e. The van der Waals surface area contributed by atoms with Crippen LogP contribution < -0.4 is 0 Å². The van der Waals surface area contributed by atoms with Crippen LogP contribution in [0.4, 0.5) is 0 Å². The summed E-state index contributed by atoms with van der Waals surface area (Å²) in [6, 6.07) is 0. The van der Waals surface area contributed by atoms with Crippen LogP contribution in [0, 0.1) is 0 Å². The van der Waals surface area contributed by atoms with E-state index in [2.05, 4.69) is 6.92 Å². The summed E-state index contributed by atoms with van der Waals surface area (Å²) in [6.07, 6.45) is 9.16. The number of unbranched alkanes of at least 4 members (excludes halogenated alkanes) is 10. The van der Waals surface area contributed by atoms with E-state index in [9.17, 15) is 30.3 Å². The highest BCUT2D eigenvalue weighted by molar-refractivity contribution is 5.75. The van der Waals surface area contributed by atoms with Gasteiger partial charge in [0.1, 0.15) is 24.4 Å². The number of hydrogen-bond acceptors (Lipinski definition) is 7. The van der Waals surface area contributed by atoms with Crippen LogP contribution in [-0.2, 0) is 4.79 Å². The molecule has 0 saturated heterocycles. The van der Waals surface area contributed by atoms with Gasteiger partial charge >= 0.3 is 0 Å². The molecule has 0 heterocycles. The lowest BCUT2D eigenvalue weighted by Gasteiger charge is -2.28. The Morgan fingerprint density at radius 1 is 0.697 bits per heavy atom. The molecule has 33 heavy (non-hydrogen) atoms. The minimum Gasteiger partial charge on any atom is -0.394 e. The van der Waals surface area contributed by atoms with Gasteiger partial charge in [0.15, 0.2) is 0 Å². The van der Waals surface area contributed by atoms with Gasteiger partial charge in [-0.1, -0.05) is 77.6 Å². The molecule has 0 aliphatic rings. The fourth-order valence-electron chi connectivity index (χ4n) is 3.92. The van der Waals surface area contributed by atoms with Crippen LogP contribution in [0.1, 0.15) is 103 Å². The molecular formula is C25H51NO7. The van der Waals surface area contributed by atoms with Crippen molar-refractivity contribution in [1.29, 1.82) is 0 Å². The summed E-state index contributed by atoms with van der Waals surface area (Å²) < 4.78 is 0. The molecule has 6 N–H and O–H groups in total. The minimum atomic E-state index is -1.71. The highest BCUT2D eigenvalue weighted by atomic mass is 16.4. The smallest absolute Gasteiger partial charge is 0.222 e. The number of aliphatic hydroxyl groups is 6. The zero-order chi connectivity index (χ0) is 25.1. The van der Waals surface area contributed by atoms with Gasteiger partial charge in [0.05, 0.1) is 12.7 Å². The Morgan fingerprint density at radius 3 is 1.67 bits per heavy atom.